The quantitative estimate of drug-likeness (QED) is 0.397. The van der Waals surface area contributed by atoms with Gasteiger partial charge in [0.1, 0.15) is 6.10 Å². The van der Waals surface area contributed by atoms with Crippen LogP contribution in [0.1, 0.15) is 92.4 Å². The third-order valence-corrected chi connectivity index (χ3v) is 13.2. The molecule has 2 N–H and O–H groups in total. The van der Waals surface area contributed by atoms with Crippen LogP contribution in [0.15, 0.2) is 11.6 Å². The predicted molar refractivity (Wildman–Crippen MR) is 148 cm³/mol. The highest BCUT2D eigenvalue weighted by molar-refractivity contribution is 7.90. The zero-order valence-corrected chi connectivity index (χ0v) is 25.8. The van der Waals surface area contributed by atoms with E-state index in [9.17, 15) is 36.0 Å². The van der Waals surface area contributed by atoms with Gasteiger partial charge in [0.25, 0.3) is 0 Å². The van der Waals surface area contributed by atoms with E-state index < -0.39 is 27.6 Å². The predicted octanol–water partition coefficient (Wildman–Crippen LogP) is 5.63. The average Bonchev–Trinajstić information content (AvgIpc) is 2.84. The molecule has 12 heteroatoms. The summed E-state index contributed by atoms with van der Waals surface area (Å²) in [5, 5.41) is 2.46. The lowest BCUT2D eigenvalue weighted by molar-refractivity contribution is -0.180. The number of allylic oxidation sites excluding steroid dienone is 2. The molecule has 0 saturated heterocycles. The molecule has 0 aromatic heterocycles. The summed E-state index contributed by atoms with van der Waals surface area (Å²) >= 11 is 0. The zero-order valence-electron chi connectivity index (χ0n) is 25.0. The minimum atomic E-state index is -5.80. The minimum Gasteiger partial charge on any atom is -0.462 e. The number of amides is 2. The number of hydrogen-bond acceptors (Lipinski definition) is 6. The molecular weight excluding hydrogens is 573 g/mol. The molecule has 10 unspecified atom stereocenters. The normalized spacial score (nSPS) is 43.5. The summed E-state index contributed by atoms with van der Waals surface area (Å²) in [5.41, 5.74) is -5.08. The summed E-state index contributed by atoms with van der Waals surface area (Å²) in [6, 6.07) is -1.91. The molecule has 5 aliphatic carbocycles. The first-order valence-corrected chi connectivity index (χ1v) is 16.6. The first-order valence-electron chi connectivity index (χ1n) is 15.1. The summed E-state index contributed by atoms with van der Waals surface area (Å²) in [7, 11) is -5.80. The summed E-state index contributed by atoms with van der Waals surface area (Å²) in [6.45, 7) is 10.3. The second-order valence-corrected chi connectivity index (χ2v) is 16.1. The Morgan fingerprint density at radius 2 is 1.62 bits per heavy atom. The molecule has 4 fully saturated rings. The number of nitrogens with one attached hydrogen (secondary N) is 2. The van der Waals surface area contributed by atoms with E-state index >= 15 is 0 Å². The van der Waals surface area contributed by atoms with Crippen molar-refractivity contribution in [3.8, 4) is 0 Å². The van der Waals surface area contributed by atoms with Gasteiger partial charge < -0.3 is 10.1 Å². The van der Waals surface area contributed by atoms with Gasteiger partial charge in [-0.05, 0) is 104 Å². The summed E-state index contributed by atoms with van der Waals surface area (Å²) < 4.78 is 67.9. The fourth-order valence-electron chi connectivity index (χ4n) is 10.3. The van der Waals surface area contributed by atoms with Crippen molar-refractivity contribution in [1.82, 2.24) is 10.0 Å². The van der Waals surface area contributed by atoms with Crippen LogP contribution in [0.2, 0.25) is 0 Å². The molecule has 5 rings (SSSR count). The lowest BCUT2D eigenvalue weighted by atomic mass is 9.38. The van der Waals surface area contributed by atoms with Crippen molar-refractivity contribution in [3.63, 3.8) is 0 Å². The number of ether oxygens (including phenoxy) is 1. The summed E-state index contributed by atoms with van der Waals surface area (Å²) in [6.07, 6.45) is 8.64. The van der Waals surface area contributed by atoms with Crippen LogP contribution in [-0.2, 0) is 24.3 Å². The van der Waals surface area contributed by atoms with Gasteiger partial charge in [-0.1, -0.05) is 33.3 Å². The van der Waals surface area contributed by atoms with E-state index in [1.807, 2.05) is 6.08 Å². The molecule has 236 valence electrons. The second-order valence-electron chi connectivity index (χ2n) is 14.5. The molecule has 0 aromatic carbocycles. The number of ketones is 1. The highest BCUT2D eigenvalue weighted by atomic mass is 32.2. The molecule has 0 aliphatic heterocycles. The number of rotatable bonds is 3. The Hall–Kier alpha value is -2.11. The van der Waals surface area contributed by atoms with Crippen molar-refractivity contribution >= 4 is 27.8 Å². The second kappa shape index (κ2) is 10.2. The van der Waals surface area contributed by atoms with Crippen LogP contribution in [0.3, 0.4) is 0 Å². The number of hydrogen-bond donors (Lipinski definition) is 2. The minimum absolute atomic E-state index is 0.0413. The number of carbonyl (C=O) groups excluding carboxylic acids is 3. The Morgan fingerprint density at radius 3 is 2.26 bits per heavy atom. The van der Waals surface area contributed by atoms with Crippen LogP contribution < -0.4 is 10.0 Å². The smallest absolute Gasteiger partial charge is 0.462 e. The van der Waals surface area contributed by atoms with Crippen molar-refractivity contribution in [3.05, 3.63) is 11.6 Å². The maximum absolute atomic E-state index is 14.2. The third kappa shape index (κ3) is 4.97. The van der Waals surface area contributed by atoms with Crippen LogP contribution in [0.25, 0.3) is 0 Å². The van der Waals surface area contributed by atoms with E-state index in [0.29, 0.717) is 19.3 Å². The number of esters is 1. The topological polar surface area (TPSA) is 119 Å². The van der Waals surface area contributed by atoms with E-state index in [1.165, 1.54) is 6.92 Å². The Bertz CT molecular complexity index is 1300. The van der Waals surface area contributed by atoms with E-state index in [2.05, 4.69) is 33.0 Å². The maximum atomic E-state index is 14.2. The molecule has 5 aliphatic rings. The van der Waals surface area contributed by atoms with Gasteiger partial charge in [-0.2, -0.15) is 21.6 Å². The molecule has 0 spiro atoms. The van der Waals surface area contributed by atoms with Gasteiger partial charge in [-0.3, -0.25) is 9.59 Å². The average molecular weight is 617 g/mol. The molecule has 0 aromatic rings. The van der Waals surface area contributed by atoms with Crippen molar-refractivity contribution in [1.29, 1.82) is 0 Å². The number of halogens is 3. The maximum Gasteiger partial charge on any atom is 0.516 e. The van der Waals surface area contributed by atoms with Crippen LogP contribution in [-0.4, -0.2) is 43.9 Å². The molecule has 0 bridgehead atoms. The third-order valence-electron chi connectivity index (χ3n) is 12.2. The number of alkyl halides is 3. The molecule has 0 heterocycles. The first-order chi connectivity index (χ1) is 19.3. The van der Waals surface area contributed by atoms with Gasteiger partial charge in [-0.15, -0.1) is 0 Å². The fourth-order valence-corrected chi connectivity index (χ4v) is 10.7. The van der Waals surface area contributed by atoms with Crippen molar-refractivity contribution in [2.24, 2.45) is 45.8 Å². The highest BCUT2D eigenvalue weighted by Gasteiger charge is 2.65. The Labute approximate surface area is 246 Å². The molecule has 2 amide bonds. The van der Waals surface area contributed by atoms with Crippen LogP contribution >= 0.6 is 0 Å². The van der Waals surface area contributed by atoms with Crippen molar-refractivity contribution in [2.45, 2.75) is 110 Å². The summed E-state index contributed by atoms with van der Waals surface area (Å²) in [5.74, 6) is 0.248. The SMILES string of the molecule is CC(=O)OC1CCC2(C)C(CCC3(C)C4CCC5(C)CCC(NC(=O)NS(=O)(=O)C(F)(F)F)CC5C4=CC(=O)C32)C1C. The van der Waals surface area contributed by atoms with Gasteiger partial charge in [0.2, 0.25) is 0 Å². The lowest BCUT2D eigenvalue weighted by Gasteiger charge is -2.65. The molecule has 4 saturated carbocycles. The lowest BCUT2D eigenvalue weighted by Crippen LogP contribution is -2.62. The molecule has 8 nitrogen and oxygen atoms in total. The number of sulfonamides is 1. The van der Waals surface area contributed by atoms with Crippen LogP contribution in [0.4, 0.5) is 18.0 Å². The summed E-state index contributed by atoms with van der Waals surface area (Å²) in [4.78, 5) is 38.2. The van der Waals surface area contributed by atoms with Gasteiger partial charge in [0.15, 0.2) is 5.78 Å². The van der Waals surface area contributed by atoms with Gasteiger partial charge in [-0.25, -0.2) is 9.52 Å². The Morgan fingerprint density at radius 1 is 0.976 bits per heavy atom. The standard InChI is InChI=1S/C30H43F3N2O6S/c1-16-20-8-12-29(5)21-7-11-27(3)10-6-18(34-26(38)35-42(39,40)30(31,32)33)14-22(27)19(21)15-23(37)25(29)28(20,4)13-9-24(16)41-17(2)36/h15-16,18,20-22,24-25H,6-14H2,1-5H3,(H2,34,35,38). The Kier molecular flexibility index (Phi) is 7.63. The van der Waals surface area contributed by atoms with Crippen molar-refractivity contribution in [2.75, 3.05) is 0 Å². The molecular formula is C30H43F3N2O6S. The van der Waals surface area contributed by atoms with E-state index in [4.69, 9.17) is 4.74 Å². The van der Waals surface area contributed by atoms with E-state index in [-0.39, 0.29) is 63.7 Å². The van der Waals surface area contributed by atoms with Crippen LogP contribution in [0.5, 0.6) is 0 Å². The van der Waals surface area contributed by atoms with E-state index in [0.717, 1.165) is 48.8 Å². The molecule has 10 atom stereocenters. The monoisotopic (exact) mass is 616 g/mol. The van der Waals surface area contributed by atoms with Crippen LogP contribution in [0, 0.1) is 45.8 Å². The number of carbonyl (C=O) groups is 3. The zero-order chi connectivity index (χ0) is 31.0. The van der Waals surface area contributed by atoms with E-state index in [1.54, 1.807) is 0 Å². The number of fused-ring (bicyclic) bond motifs is 7. The highest BCUT2D eigenvalue weighted by Crippen LogP contribution is 2.69. The van der Waals surface area contributed by atoms with Gasteiger partial charge in [0, 0.05) is 18.9 Å². The fraction of sp³-hybridized carbons (Fsp3) is 0.833. The largest absolute Gasteiger partial charge is 0.516 e. The number of urea groups is 1. The van der Waals surface area contributed by atoms with Crippen molar-refractivity contribution < 1.29 is 40.7 Å². The molecule has 42 heavy (non-hydrogen) atoms. The first kappa shape index (κ1) is 31.3. The van der Waals surface area contributed by atoms with Gasteiger partial charge in [0.05, 0.1) is 0 Å². The van der Waals surface area contributed by atoms with Gasteiger partial charge >= 0.3 is 27.5 Å². The Balaban J connectivity index is 1.39. The molecule has 0 radical (unpaired) electrons.